The van der Waals surface area contributed by atoms with Crippen LogP contribution in [-0.4, -0.2) is 18.0 Å². The van der Waals surface area contributed by atoms with Crippen molar-refractivity contribution in [1.82, 2.24) is 5.32 Å². The SMILES string of the molecule is CC(N)CCC(=O)NC(C)Cc1ccc(Br)cc1.Cl. The lowest BCUT2D eigenvalue weighted by molar-refractivity contribution is -0.121. The molecule has 0 saturated heterocycles. The van der Waals surface area contributed by atoms with E-state index in [0.717, 1.165) is 17.3 Å². The second-order valence-electron chi connectivity index (χ2n) is 4.82. The molecule has 0 bridgehead atoms. The van der Waals surface area contributed by atoms with Gasteiger partial charge >= 0.3 is 0 Å². The maximum absolute atomic E-state index is 11.6. The number of carbonyl (C=O) groups is 1. The van der Waals surface area contributed by atoms with Crippen molar-refractivity contribution in [3.05, 3.63) is 34.3 Å². The maximum Gasteiger partial charge on any atom is 0.220 e. The van der Waals surface area contributed by atoms with E-state index in [-0.39, 0.29) is 30.4 Å². The van der Waals surface area contributed by atoms with E-state index >= 15 is 0 Å². The van der Waals surface area contributed by atoms with Crippen LogP contribution in [-0.2, 0) is 11.2 Å². The molecule has 0 fully saturated rings. The summed E-state index contributed by atoms with van der Waals surface area (Å²) in [5.41, 5.74) is 6.85. The van der Waals surface area contributed by atoms with Gasteiger partial charge in [-0.2, -0.15) is 0 Å². The van der Waals surface area contributed by atoms with Gasteiger partial charge in [0.15, 0.2) is 0 Å². The van der Waals surface area contributed by atoms with Crippen molar-refractivity contribution in [2.45, 2.75) is 45.2 Å². The normalized spacial score (nSPS) is 13.3. The second-order valence-corrected chi connectivity index (χ2v) is 5.73. The molecule has 1 aromatic carbocycles. The number of benzene rings is 1. The fourth-order valence-corrected chi connectivity index (χ4v) is 2.00. The molecule has 0 aliphatic carbocycles. The van der Waals surface area contributed by atoms with Crippen molar-refractivity contribution in [2.24, 2.45) is 5.73 Å². The maximum atomic E-state index is 11.6. The first-order valence-electron chi connectivity index (χ1n) is 6.26. The zero-order valence-electron chi connectivity index (χ0n) is 11.4. The van der Waals surface area contributed by atoms with E-state index in [1.54, 1.807) is 0 Å². The minimum absolute atomic E-state index is 0. The fraction of sp³-hybridized carbons (Fsp3) is 0.500. The number of rotatable bonds is 6. The van der Waals surface area contributed by atoms with E-state index in [0.29, 0.717) is 6.42 Å². The molecular formula is C14H22BrClN2O. The molecule has 19 heavy (non-hydrogen) atoms. The van der Waals surface area contributed by atoms with Gasteiger partial charge in [0.1, 0.15) is 0 Å². The van der Waals surface area contributed by atoms with Crippen molar-refractivity contribution < 1.29 is 4.79 Å². The molecule has 1 rings (SSSR count). The highest BCUT2D eigenvalue weighted by Crippen LogP contribution is 2.11. The van der Waals surface area contributed by atoms with Gasteiger partial charge in [0, 0.05) is 23.0 Å². The lowest BCUT2D eigenvalue weighted by atomic mass is 10.1. The number of nitrogens with one attached hydrogen (secondary N) is 1. The third-order valence-corrected chi connectivity index (χ3v) is 3.22. The van der Waals surface area contributed by atoms with Gasteiger partial charge in [-0.1, -0.05) is 28.1 Å². The quantitative estimate of drug-likeness (QED) is 0.829. The summed E-state index contributed by atoms with van der Waals surface area (Å²) in [6.07, 6.45) is 2.08. The van der Waals surface area contributed by atoms with E-state index in [9.17, 15) is 4.79 Å². The van der Waals surface area contributed by atoms with Gasteiger partial charge in [-0.05, 0) is 44.4 Å². The van der Waals surface area contributed by atoms with Gasteiger partial charge in [0.25, 0.3) is 0 Å². The lowest BCUT2D eigenvalue weighted by Crippen LogP contribution is -2.34. The van der Waals surface area contributed by atoms with Crippen LogP contribution >= 0.6 is 28.3 Å². The fourth-order valence-electron chi connectivity index (χ4n) is 1.73. The van der Waals surface area contributed by atoms with Crippen molar-refractivity contribution in [2.75, 3.05) is 0 Å². The standard InChI is InChI=1S/C14H21BrN2O.ClH/c1-10(16)3-8-14(18)17-11(2)9-12-4-6-13(15)7-5-12;/h4-7,10-11H,3,8-9,16H2,1-2H3,(H,17,18);1H. The Hall–Kier alpha value is -0.580. The summed E-state index contributed by atoms with van der Waals surface area (Å²) in [6.45, 7) is 3.93. The molecule has 2 unspecified atom stereocenters. The van der Waals surface area contributed by atoms with E-state index in [1.807, 2.05) is 26.0 Å². The number of hydrogen-bond donors (Lipinski definition) is 2. The Labute approximate surface area is 129 Å². The molecular weight excluding hydrogens is 328 g/mol. The Kier molecular flexibility index (Phi) is 9.06. The summed E-state index contributed by atoms with van der Waals surface area (Å²) in [5.74, 6) is 0.0805. The minimum atomic E-state index is 0. The summed E-state index contributed by atoms with van der Waals surface area (Å²) in [6, 6.07) is 8.38. The Balaban J connectivity index is 0.00000324. The largest absolute Gasteiger partial charge is 0.353 e. The zero-order valence-corrected chi connectivity index (χ0v) is 13.8. The first-order valence-corrected chi connectivity index (χ1v) is 7.06. The van der Waals surface area contributed by atoms with E-state index in [1.165, 1.54) is 5.56 Å². The average Bonchev–Trinajstić information content (AvgIpc) is 2.29. The zero-order chi connectivity index (χ0) is 13.5. The number of amides is 1. The molecule has 0 aliphatic heterocycles. The molecule has 0 aliphatic rings. The summed E-state index contributed by atoms with van der Waals surface area (Å²) < 4.78 is 1.07. The minimum Gasteiger partial charge on any atom is -0.353 e. The molecule has 1 amide bonds. The predicted octanol–water partition coefficient (Wildman–Crippen LogP) is 3.05. The molecule has 0 aromatic heterocycles. The highest BCUT2D eigenvalue weighted by Gasteiger charge is 2.08. The third kappa shape index (κ3) is 8.24. The van der Waals surface area contributed by atoms with Crippen LogP contribution in [0.4, 0.5) is 0 Å². The van der Waals surface area contributed by atoms with Crippen LogP contribution in [0.1, 0.15) is 32.3 Å². The average molecular weight is 350 g/mol. The molecule has 3 nitrogen and oxygen atoms in total. The van der Waals surface area contributed by atoms with Gasteiger partial charge < -0.3 is 11.1 Å². The van der Waals surface area contributed by atoms with Gasteiger partial charge in [-0.3, -0.25) is 4.79 Å². The van der Waals surface area contributed by atoms with Crippen LogP contribution < -0.4 is 11.1 Å². The van der Waals surface area contributed by atoms with Crippen molar-refractivity contribution >= 4 is 34.2 Å². The number of hydrogen-bond acceptors (Lipinski definition) is 2. The Morgan fingerprint density at radius 2 is 1.89 bits per heavy atom. The van der Waals surface area contributed by atoms with Crippen LogP contribution in [0.15, 0.2) is 28.7 Å². The van der Waals surface area contributed by atoms with Crippen LogP contribution in [0.2, 0.25) is 0 Å². The van der Waals surface area contributed by atoms with Crippen LogP contribution in [0.25, 0.3) is 0 Å². The molecule has 0 heterocycles. The van der Waals surface area contributed by atoms with Crippen LogP contribution in [0, 0.1) is 0 Å². The van der Waals surface area contributed by atoms with Gasteiger partial charge in [0.2, 0.25) is 5.91 Å². The second kappa shape index (κ2) is 9.34. The van der Waals surface area contributed by atoms with Gasteiger partial charge in [-0.15, -0.1) is 12.4 Å². The first-order chi connectivity index (χ1) is 8.47. The molecule has 108 valence electrons. The number of carbonyl (C=O) groups excluding carboxylic acids is 1. The topological polar surface area (TPSA) is 55.1 Å². The van der Waals surface area contributed by atoms with Crippen molar-refractivity contribution in [3.63, 3.8) is 0 Å². The molecule has 0 saturated carbocycles. The Morgan fingerprint density at radius 3 is 2.42 bits per heavy atom. The highest BCUT2D eigenvalue weighted by molar-refractivity contribution is 9.10. The first kappa shape index (κ1) is 18.4. The molecule has 2 atom stereocenters. The highest BCUT2D eigenvalue weighted by atomic mass is 79.9. The van der Waals surface area contributed by atoms with Crippen LogP contribution in [0.5, 0.6) is 0 Å². The molecule has 1 aromatic rings. The summed E-state index contributed by atoms with van der Waals surface area (Å²) in [5, 5.41) is 2.99. The van der Waals surface area contributed by atoms with Gasteiger partial charge in [-0.25, -0.2) is 0 Å². The molecule has 3 N–H and O–H groups in total. The molecule has 5 heteroatoms. The van der Waals surface area contributed by atoms with Crippen LogP contribution in [0.3, 0.4) is 0 Å². The summed E-state index contributed by atoms with van der Waals surface area (Å²) >= 11 is 3.40. The Bertz CT molecular complexity index is 382. The smallest absolute Gasteiger partial charge is 0.220 e. The summed E-state index contributed by atoms with van der Waals surface area (Å²) in [7, 11) is 0. The van der Waals surface area contributed by atoms with Crippen molar-refractivity contribution in [3.8, 4) is 0 Å². The third-order valence-electron chi connectivity index (χ3n) is 2.69. The van der Waals surface area contributed by atoms with E-state index < -0.39 is 0 Å². The summed E-state index contributed by atoms with van der Waals surface area (Å²) in [4.78, 5) is 11.6. The molecule has 0 spiro atoms. The Morgan fingerprint density at radius 1 is 1.32 bits per heavy atom. The van der Waals surface area contributed by atoms with E-state index in [2.05, 4.69) is 33.4 Å². The van der Waals surface area contributed by atoms with Gasteiger partial charge in [0.05, 0.1) is 0 Å². The van der Waals surface area contributed by atoms with Crippen molar-refractivity contribution in [1.29, 1.82) is 0 Å². The monoisotopic (exact) mass is 348 g/mol. The number of nitrogens with two attached hydrogens (primary N) is 1. The van der Waals surface area contributed by atoms with E-state index in [4.69, 9.17) is 5.73 Å². The lowest BCUT2D eigenvalue weighted by Gasteiger charge is -2.14. The predicted molar refractivity (Wildman–Crippen MR) is 85.6 cm³/mol. The molecule has 0 radical (unpaired) electrons. The number of halogens is 2.